The molecule has 1 aromatic heterocycles. The van der Waals surface area contributed by atoms with Crippen LogP contribution in [0.2, 0.25) is 5.02 Å². The number of ether oxygens (including phenoxy) is 1. The van der Waals surface area contributed by atoms with Crippen molar-refractivity contribution in [1.82, 2.24) is 15.0 Å². The normalized spacial score (nSPS) is 10.6. The lowest BCUT2D eigenvalue weighted by atomic mass is 10.3. The van der Waals surface area contributed by atoms with Crippen LogP contribution < -0.4 is 10.5 Å². The van der Waals surface area contributed by atoms with Crippen molar-refractivity contribution in [2.75, 3.05) is 6.61 Å². The fraction of sp³-hybridized carbons (Fsp3) is 0.385. The van der Waals surface area contributed by atoms with Gasteiger partial charge in [-0.3, -0.25) is 4.68 Å². The van der Waals surface area contributed by atoms with Gasteiger partial charge in [-0.05, 0) is 37.1 Å². The minimum absolute atomic E-state index is 0.430. The number of benzene rings is 1. The average Bonchev–Trinajstić information content (AvgIpc) is 2.88. The van der Waals surface area contributed by atoms with Crippen LogP contribution in [0.3, 0.4) is 0 Å². The Hall–Kier alpha value is -1.59. The lowest BCUT2D eigenvalue weighted by molar-refractivity contribution is 0.301. The number of unbranched alkanes of at least 4 members (excludes halogenated alkanes) is 1. The smallest absolute Gasteiger partial charge is 0.119 e. The molecule has 0 unspecified atom stereocenters. The molecule has 0 saturated heterocycles. The first-order chi connectivity index (χ1) is 9.28. The summed E-state index contributed by atoms with van der Waals surface area (Å²) in [4.78, 5) is 0. The number of nitrogens with zero attached hydrogens (tertiary/aromatic N) is 3. The van der Waals surface area contributed by atoms with E-state index in [1.165, 1.54) is 0 Å². The number of rotatable bonds is 7. The van der Waals surface area contributed by atoms with Gasteiger partial charge in [0.1, 0.15) is 5.75 Å². The van der Waals surface area contributed by atoms with Crippen molar-refractivity contribution in [3.05, 3.63) is 41.2 Å². The second kappa shape index (κ2) is 7.11. The van der Waals surface area contributed by atoms with E-state index in [2.05, 4.69) is 10.3 Å². The van der Waals surface area contributed by atoms with Crippen LogP contribution in [0.1, 0.15) is 18.5 Å². The van der Waals surface area contributed by atoms with Gasteiger partial charge in [-0.25, -0.2) is 0 Å². The third-order valence-corrected chi connectivity index (χ3v) is 2.91. The average molecular weight is 281 g/mol. The largest absolute Gasteiger partial charge is 0.494 e. The van der Waals surface area contributed by atoms with Crippen LogP contribution in [-0.2, 0) is 13.1 Å². The second-order valence-electron chi connectivity index (χ2n) is 4.19. The van der Waals surface area contributed by atoms with Crippen LogP contribution in [-0.4, -0.2) is 21.6 Å². The SMILES string of the molecule is NCc1cn(CCCCOc2ccc(Cl)cc2)nn1. The maximum atomic E-state index is 5.80. The number of hydrogen-bond acceptors (Lipinski definition) is 4. The molecule has 5 nitrogen and oxygen atoms in total. The highest BCUT2D eigenvalue weighted by Crippen LogP contribution is 2.15. The molecule has 6 heteroatoms. The van der Waals surface area contributed by atoms with Gasteiger partial charge in [0, 0.05) is 24.3 Å². The second-order valence-corrected chi connectivity index (χ2v) is 4.62. The van der Waals surface area contributed by atoms with E-state index in [1.54, 1.807) is 0 Å². The minimum atomic E-state index is 0.430. The highest BCUT2D eigenvalue weighted by atomic mass is 35.5. The maximum absolute atomic E-state index is 5.80. The van der Waals surface area contributed by atoms with Gasteiger partial charge >= 0.3 is 0 Å². The van der Waals surface area contributed by atoms with Crippen molar-refractivity contribution in [3.8, 4) is 5.75 Å². The third-order valence-electron chi connectivity index (χ3n) is 2.66. The number of aromatic nitrogens is 3. The van der Waals surface area contributed by atoms with E-state index >= 15 is 0 Å². The zero-order valence-corrected chi connectivity index (χ0v) is 11.4. The quantitative estimate of drug-likeness (QED) is 0.790. The van der Waals surface area contributed by atoms with E-state index in [9.17, 15) is 0 Å². The van der Waals surface area contributed by atoms with Crippen LogP contribution in [0.4, 0.5) is 0 Å². The number of halogens is 1. The summed E-state index contributed by atoms with van der Waals surface area (Å²) in [5.74, 6) is 0.843. The summed E-state index contributed by atoms with van der Waals surface area (Å²) in [6, 6.07) is 7.38. The number of hydrogen-bond donors (Lipinski definition) is 1. The lowest BCUT2D eigenvalue weighted by Gasteiger charge is -2.05. The molecule has 0 saturated carbocycles. The molecule has 19 heavy (non-hydrogen) atoms. The molecule has 0 amide bonds. The molecule has 0 fully saturated rings. The first-order valence-electron chi connectivity index (χ1n) is 6.25. The molecule has 2 N–H and O–H groups in total. The lowest BCUT2D eigenvalue weighted by Crippen LogP contribution is -2.03. The Morgan fingerprint density at radius 1 is 1.21 bits per heavy atom. The summed E-state index contributed by atoms with van der Waals surface area (Å²) in [6.45, 7) is 1.94. The van der Waals surface area contributed by atoms with E-state index in [0.29, 0.717) is 18.2 Å². The van der Waals surface area contributed by atoms with Crippen LogP contribution in [0.15, 0.2) is 30.5 Å². The van der Waals surface area contributed by atoms with Crippen LogP contribution >= 0.6 is 11.6 Å². The van der Waals surface area contributed by atoms with E-state index in [4.69, 9.17) is 22.1 Å². The van der Waals surface area contributed by atoms with Gasteiger partial charge in [-0.2, -0.15) is 0 Å². The molecular formula is C13H17ClN4O. The van der Waals surface area contributed by atoms with E-state index in [0.717, 1.165) is 30.8 Å². The summed E-state index contributed by atoms with van der Waals surface area (Å²) >= 11 is 5.80. The van der Waals surface area contributed by atoms with E-state index in [1.807, 2.05) is 35.1 Å². The molecular weight excluding hydrogens is 264 g/mol. The van der Waals surface area contributed by atoms with Crippen molar-refractivity contribution in [2.45, 2.75) is 25.9 Å². The zero-order chi connectivity index (χ0) is 13.5. The standard InChI is InChI=1S/C13H17ClN4O/c14-11-3-5-13(6-4-11)19-8-2-1-7-18-10-12(9-15)16-17-18/h3-6,10H,1-2,7-9,15H2. The Labute approximate surface area is 117 Å². The molecule has 0 spiro atoms. The molecule has 0 radical (unpaired) electrons. The molecule has 2 aromatic rings. The van der Waals surface area contributed by atoms with Gasteiger partial charge in [0.25, 0.3) is 0 Å². The van der Waals surface area contributed by atoms with Gasteiger partial charge in [-0.15, -0.1) is 5.10 Å². The molecule has 0 aliphatic heterocycles. The van der Waals surface area contributed by atoms with Gasteiger partial charge in [0.2, 0.25) is 0 Å². The molecule has 0 aliphatic carbocycles. The van der Waals surface area contributed by atoms with Crippen molar-refractivity contribution >= 4 is 11.6 Å². The summed E-state index contributed by atoms with van der Waals surface area (Å²) in [5.41, 5.74) is 6.29. The van der Waals surface area contributed by atoms with Gasteiger partial charge in [0.15, 0.2) is 0 Å². The van der Waals surface area contributed by atoms with Crippen molar-refractivity contribution in [2.24, 2.45) is 5.73 Å². The summed E-state index contributed by atoms with van der Waals surface area (Å²) in [6.07, 6.45) is 3.82. The molecule has 0 atom stereocenters. The van der Waals surface area contributed by atoms with Gasteiger partial charge in [0.05, 0.1) is 12.3 Å². The predicted octanol–water partition coefficient (Wildman–Crippen LogP) is 2.25. The molecule has 2 rings (SSSR count). The number of nitrogens with two attached hydrogens (primary N) is 1. The molecule has 1 heterocycles. The van der Waals surface area contributed by atoms with Crippen molar-refractivity contribution in [3.63, 3.8) is 0 Å². The molecule has 0 bridgehead atoms. The molecule has 102 valence electrons. The summed E-state index contributed by atoms with van der Waals surface area (Å²) < 4.78 is 7.41. The summed E-state index contributed by atoms with van der Waals surface area (Å²) in [7, 11) is 0. The van der Waals surface area contributed by atoms with Crippen molar-refractivity contribution in [1.29, 1.82) is 0 Å². The van der Waals surface area contributed by atoms with Crippen molar-refractivity contribution < 1.29 is 4.74 Å². The number of aryl methyl sites for hydroxylation is 1. The van der Waals surface area contributed by atoms with Gasteiger partial charge in [-0.1, -0.05) is 16.8 Å². The third kappa shape index (κ3) is 4.54. The van der Waals surface area contributed by atoms with Crippen LogP contribution in [0, 0.1) is 0 Å². The first kappa shape index (κ1) is 13.8. The highest BCUT2D eigenvalue weighted by molar-refractivity contribution is 6.30. The minimum Gasteiger partial charge on any atom is -0.494 e. The molecule has 0 aliphatic rings. The Balaban J connectivity index is 1.63. The Morgan fingerprint density at radius 2 is 2.00 bits per heavy atom. The Morgan fingerprint density at radius 3 is 2.68 bits per heavy atom. The topological polar surface area (TPSA) is 66.0 Å². The molecule has 1 aromatic carbocycles. The van der Waals surface area contributed by atoms with Gasteiger partial charge < -0.3 is 10.5 Å². The Bertz CT molecular complexity index is 498. The fourth-order valence-corrected chi connectivity index (χ4v) is 1.76. The predicted molar refractivity (Wildman–Crippen MR) is 74.1 cm³/mol. The monoisotopic (exact) mass is 280 g/mol. The fourth-order valence-electron chi connectivity index (χ4n) is 1.64. The van der Waals surface area contributed by atoms with Crippen LogP contribution in [0.25, 0.3) is 0 Å². The van der Waals surface area contributed by atoms with E-state index < -0.39 is 0 Å². The van der Waals surface area contributed by atoms with E-state index in [-0.39, 0.29) is 0 Å². The van der Waals surface area contributed by atoms with Crippen LogP contribution in [0.5, 0.6) is 5.75 Å². The maximum Gasteiger partial charge on any atom is 0.119 e. The zero-order valence-electron chi connectivity index (χ0n) is 10.6. The highest BCUT2D eigenvalue weighted by Gasteiger charge is 1.98. The first-order valence-corrected chi connectivity index (χ1v) is 6.63. The summed E-state index contributed by atoms with van der Waals surface area (Å²) in [5, 5.41) is 8.63. The Kier molecular flexibility index (Phi) is 5.18.